The number of nitrogens with one attached hydrogen (secondary N) is 1. The van der Waals surface area contributed by atoms with Crippen molar-refractivity contribution in [2.24, 2.45) is 17.1 Å². The maximum absolute atomic E-state index is 5.67. The summed E-state index contributed by atoms with van der Waals surface area (Å²) in [6.45, 7) is 7.66. The Hall–Kier alpha value is -0.0800. The Morgan fingerprint density at radius 3 is 2.50 bits per heavy atom. The van der Waals surface area contributed by atoms with E-state index in [1.165, 1.54) is 38.6 Å². The minimum absolute atomic E-state index is 0.674. The smallest absolute Gasteiger partial charge is 0.000794 e. The highest BCUT2D eigenvalue weighted by atomic mass is 14.9. The van der Waals surface area contributed by atoms with E-state index in [1.54, 1.807) is 0 Å². The monoisotopic (exact) mass is 198 g/mol. The molecule has 0 spiro atoms. The van der Waals surface area contributed by atoms with Gasteiger partial charge in [0.1, 0.15) is 0 Å². The molecule has 0 aromatic heterocycles. The number of hydrogen-bond acceptors (Lipinski definition) is 2. The van der Waals surface area contributed by atoms with Crippen LogP contribution < -0.4 is 11.1 Å². The van der Waals surface area contributed by atoms with Crippen molar-refractivity contribution in [1.29, 1.82) is 0 Å². The molecule has 84 valence electrons. The number of rotatable bonds is 8. The number of hydrogen-bond donors (Lipinski definition) is 2. The molecule has 3 N–H and O–H groups in total. The van der Waals surface area contributed by atoms with Crippen LogP contribution in [0.3, 0.4) is 0 Å². The van der Waals surface area contributed by atoms with Gasteiger partial charge in [0.05, 0.1) is 0 Å². The Balaban J connectivity index is 2.08. The quantitative estimate of drug-likeness (QED) is 0.627. The van der Waals surface area contributed by atoms with Crippen molar-refractivity contribution in [3.63, 3.8) is 0 Å². The van der Waals surface area contributed by atoms with Gasteiger partial charge in [-0.3, -0.25) is 0 Å². The zero-order valence-corrected chi connectivity index (χ0v) is 9.81. The molecule has 0 aromatic rings. The molecule has 1 aliphatic rings. The topological polar surface area (TPSA) is 38.0 Å². The van der Waals surface area contributed by atoms with Crippen molar-refractivity contribution in [2.75, 3.05) is 19.6 Å². The second-order valence-electron chi connectivity index (χ2n) is 4.89. The van der Waals surface area contributed by atoms with E-state index in [0.717, 1.165) is 13.1 Å². The Labute approximate surface area is 88.6 Å². The molecule has 1 atom stereocenters. The normalized spacial score (nSPS) is 20.8. The molecule has 0 aromatic carbocycles. The van der Waals surface area contributed by atoms with Crippen LogP contribution in [0, 0.1) is 11.3 Å². The lowest BCUT2D eigenvalue weighted by molar-refractivity contribution is 0.388. The van der Waals surface area contributed by atoms with Gasteiger partial charge in [0, 0.05) is 6.54 Å². The fraction of sp³-hybridized carbons (Fsp3) is 1.00. The highest BCUT2D eigenvalue weighted by molar-refractivity contribution is 4.94. The summed E-state index contributed by atoms with van der Waals surface area (Å²) in [6.07, 6.45) is 6.81. The maximum Gasteiger partial charge on any atom is 0.000794 e. The molecule has 1 unspecified atom stereocenters. The molecule has 0 radical (unpaired) electrons. The van der Waals surface area contributed by atoms with Crippen LogP contribution in [0.1, 0.15) is 46.0 Å². The lowest BCUT2D eigenvalue weighted by Crippen LogP contribution is -2.32. The average Bonchev–Trinajstić information content (AvgIpc) is 2.94. The predicted molar refractivity (Wildman–Crippen MR) is 62.3 cm³/mol. The third-order valence-corrected chi connectivity index (χ3v) is 3.58. The first-order chi connectivity index (χ1) is 6.76. The predicted octanol–water partition coefficient (Wildman–Crippen LogP) is 2.14. The summed E-state index contributed by atoms with van der Waals surface area (Å²) in [5, 5.41) is 3.59. The average molecular weight is 198 g/mol. The third-order valence-electron chi connectivity index (χ3n) is 3.58. The van der Waals surface area contributed by atoms with E-state index in [0.29, 0.717) is 11.3 Å². The molecule has 14 heavy (non-hydrogen) atoms. The van der Waals surface area contributed by atoms with Gasteiger partial charge in [-0.15, -0.1) is 0 Å². The fourth-order valence-corrected chi connectivity index (χ4v) is 2.16. The van der Waals surface area contributed by atoms with Crippen LogP contribution in [0.15, 0.2) is 0 Å². The van der Waals surface area contributed by atoms with Gasteiger partial charge in [-0.1, -0.05) is 26.7 Å². The summed E-state index contributed by atoms with van der Waals surface area (Å²) < 4.78 is 0. The third kappa shape index (κ3) is 3.58. The van der Waals surface area contributed by atoms with Gasteiger partial charge >= 0.3 is 0 Å². The van der Waals surface area contributed by atoms with Crippen LogP contribution >= 0.6 is 0 Å². The highest BCUT2D eigenvalue weighted by Crippen LogP contribution is 2.48. The second-order valence-corrected chi connectivity index (χ2v) is 4.89. The van der Waals surface area contributed by atoms with Crippen LogP contribution in [0.2, 0.25) is 0 Å². The maximum atomic E-state index is 5.67. The van der Waals surface area contributed by atoms with E-state index >= 15 is 0 Å². The van der Waals surface area contributed by atoms with Gasteiger partial charge in [-0.05, 0) is 43.7 Å². The van der Waals surface area contributed by atoms with Crippen molar-refractivity contribution in [3.05, 3.63) is 0 Å². The lowest BCUT2D eigenvalue weighted by atomic mass is 10.00. The van der Waals surface area contributed by atoms with Gasteiger partial charge in [0.15, 0.2) is 0 Å². The van der Waals surface area contributed by atoms with E-state index in [-0.39, 0.29) is 0 Å². The molecule has 1 aliphatic carbocycles. The van der Waals surface area contributed by atoms with Gasteiger partial charge in [-0.25, -0.2) is 0 Å². The lowest BCUT2D eigenvalue weighted by Gasteiger charge is -2.18. The summed E-state index contributed by atoms with van der Waals surface area (Å²) in [5.41, 5.74) is 6.35. The molecule has 0 bridgehead atoms. The Morgan fingerprint density at radius 1 is 1.36 bits per heavy atom. The molecular formula is C12H26N2. The van der Waals surface area contributed by atoms with E-state index in [2.05, 4.69) is 19.2 Å². The summed E-state index contributed by atoms with van der Waals surface area (Å²) in [4.78, 5) is 0. The van der Waals surface area contributed by atoms with E-state index in [1.807, 2.05) is 0 Å². The Kier molecular flexibility index (Phi) is 4.90. The van der Waals surface area contributed by atoms with Gasteiger partial charge < -0.3 is 11.1 Å². The van der Waals surface area contributed by atoms with Crippen molar-refractivity contribution in [1.82, 2.24) is 5.32 Å². The zero-order valence-electron chi connectivity index (χ0n) is 9.81. The van der Waals surface area contributed by atoms with Crippen molar-refractivity contribution in [3.8, 4) is 0 Å². The molecule has 1 saturated carbocycles. The highest BCUT2D eigenvalue weighted by Gasteiger charge is 2.40. The van der Waals surface area contributed by atoms with Crippen LogP contribution in [0.4, 0.5) is 0 Å². The van der Waals surface area contributed by atoms with Crippen molar-refractivity contribution in [2.45, 2.75) is 46.0 Å². The van der Waals surface area contributed by atoms with Crippen LogP contribution in [-0.4, -0.2) is 19.6 Å². The summed E-state index contributed by atoms with van der Waals surface area (Å²) in [6, 6.07) is 0. The van der Waals surface area contributed by atoms with E-state index in [9.17, 15) is 0 Å². The Bertz CT molecular complexity index is 148. The summed E-state index contributed by atoms with van der Waals surface area (Å²) in [7, 11) is 0. The fourth-order valence-electron chi connectivity index (χ4n) is 2.16. The summed E-state index contributed by atoms with van der Waals surface area (Å²) >= 11 is 0. The molecule has 0 heterocycles. The van der Waals surface area contributed by atoms with E-state index < -0.39 is 0 Å². The van der Waals surface area contributed by atoms with Crippen LogP contribution in [0.5, 0.6) is 0 Å². The second kappa shape index (κ2) is 5.72. The van der Waals surface area contributed by atoms with E-state index in [4.69, 9.17) is 5.73 Å². The standard InChI is InChI=1S/C12H26N2/c1-3-5-12(6-7-12)10-14-9-11(4-2)8-13/h11,14H,3-10,13H2,1-2H3. The van der Waals surface area contributed by atoms with Gasteiger partial charge in [-0.2, -0.15) is 0 Å². The van der Waals surface area contributed by atoms with Gasteiger partial charge in [0.2, 0.25) is 0 Å². The SMILES string of the molecule is CCCC1(CNCC(CC)CN)CC1. The summed E-state index contributed by atoms with van der Waals surface area (Å²) in [5.74, 6) is 0.674. The van der Waals surface area contributed by atoms with Crippen LogP contribution in [0.25, 0.3) is 0 Å². The number of nitrogens with two attached hydrogens (primary N) is 1. The first-order valence-electron chi connectivity index (χ1n) is 6.17. The van der Waals surface area contributed by atoms with Crippen molar-refractivity contribution >= 4 is 0 Å². The molecule has 0 saturated heterocycles. The van der Waals surface area contributed by atoms with Gasteiger partial charge in [0.25, 0.3) is 0 Å². The molecule has 2 heteroatoms. The first kappa shape index (κ1) is 12.0. The molecular weight excluding hydrogens is 172 g/mol. The largest absolute Gasteiger partial charge is 0.330 e. The first-order valence-corrected chi connectivity index (χ1v) is 6.17. The van der Waals surface area contributed by atoms with Crippen molar-refractivity contribution < 1.29 is 0 Å². The molecule has 1 fully saturated rings. The molecule has 2 nitrogen and oxygen atoms in total. The zero-order chi connectivity index (χ0) is 10.4. The Morgan fingerprint density at radius 2 is 2.07 bits per heavy atom. The molecule has 0 aliphatic heterocycles. The minimum Gasteiger partial charge on any atom is -0.330 e. The molecule has 1 rings (SSSR count). The van der Waals surface area contributed by atoms with Crippen LogP contribution in [-0.2, 0) is 0 Å². The molecule has 0 amide bonds. The minimum atomic E-state index is 0.674.